The van der Waals surface area contributed by atoms with E-state index in [-0.39, 0.29) is 23.6 Å². The second kappa shape index (κ2) is 15.6. The summed E-state index contributed by atoms with van der Waals surface area (Å²) in [6, 6.07) is 3.46. The highest BCUT2D eigenvalue weighted by molar-refractivity contribution is 5.42. The highest BCUT2D eigenvalue weighted by atomic mass is 19.4. The van der Waals surface area contributed by atoms with E-state index in [2.05, 4.69) is 12.7 Å². The first-order valence-corrected chi connectivity index (χ1v) is 11.0. The maximum Gasteiger partial charge on any atom is 0.419 e. The third-order valence-electron chi connectivity index (χ3n) is 4.60. The number of amides is 1. The number of nitrogens with two attached hydrogens (primary N) is 1. The third kappa shape index (κ3) is 14.7. The minimum absolute atomic E-state index is 0.148. The summed E-state index contributed by atoms with van der Waals surface area (Å²) in [5, 5.41) is 1.98. The fourth-order valence-electron chi connectivity index (χ4n) is 2.57. The van der Waals surface area contributed by atoms with Crippen LogP contribution in [0.4, 0.5) is 52.7 Å². The molecule has 1 aliphatic carbocycles. The van der Waals surface area contributed by atoms with E-state index in [1.165, 1.54) is 19.9 Å². The average molecular weight is 586 g/mol. The summed E-state index contributed by atoms with van der Waals surface area (Å²) in [5.74, 6) is -6.30. The van der Waals surface area contributed by atoms with Crippen molar-refractivity contribution < 1.29 is 57.5 Å². The molecule has 0 aromatic heterocycles. The van der Waals surface area contributed by atoms with Crippen molar-refractivity contribution in [2.75, 3.05) is 13.6 Å². The van der Waals surface area contributed by atoms with Crippen molar-refractivity contribution in [1.82, 2.24) is 5.32 Å². The van der Waals surface area contributed by atoms with Crippen LogP contribution in [0.15, 0.2) is 36.4 Å². The maximum atomic E-state index is 13.4. The zero-order valence-corrected chi connectivity index (χ0v) is 20.5. The summed E-state index contributed by atoms with van der Waals surface area (Å²) in [7, 11) is 1.26. The van der Waals surface area contributed by atoms with Crippen molar-refractivity contribution in [1.29, 1.82) is 0 Å². The first-order valence-electron chi connectivity index (χ1n) is 11.0. The van der Waals surface area contributed by atoms with Gasteiger partial charge < -0.3 is 11.1 Å². The number of carbonyl (C=O) groups is 1. The van der Waals surface area contributed by atoms with Gasteiger partial charge in [0, 0.05) is 5.56 Å². The number of halogens is 12. The van der Waals surface area contributed by atoms with Crippen molar-refractivity contribution in [3.63, 3.8) is 0 Å². The normalized spacial score (nSPS) is 13.3. The second-order valence-corrected chi connectivity index (χ2v) is 8.22. The topological polar surface area (TPSA) is 55.1 Å². The molecule has 0 atom stereocenters. The van der Waals surface area contributed by atoms with Crippen LogP contribution in [0.2, 0.25) is 0 Å². The Hall–Kier alpha value is -2.97. The maximum absolute atomic E-state index is 13.4. The van der Waals surface area contributed by atoms with Crippen molar-refractivity contribution in [2.45, 2.75) is 50.9 Å². The van der Waals surface area contributed by atoms with Gasteiger partial charge in [-0.25, -0.2) is 17.6 Å². The first kappa shape index (κ1) is 36.0. The quantitative estimate of drug-likeness (QED) is 0.287. The molecule has 0 spiro atoms. The molecule has 3 nitrogen and oxygen atoms in total. The highest BCUT2D eigenvalue weighted by Gasteiger charge is 2.43. The summed E-state index contributed by atoms with van der Waals surface area (Å²) in [5.41, 5.74) is 0.899. The molecule has 3 N–H and O–H groups in total. The summed E-state index contributed by atoms with van der Waals surface area (Å²) >= 11 is 0. The first-order chi connectivity index (χ1) is 17.8. The van der Waals surface area contributed by atoms with Crippen LogP contribution in [-0.2, 0) is 23.3 Å². The van der Waals surface area contributed by atoms with Crippen LogP contribution in [0.3, 0.4) is 0 Å². The lowest BCUT2D eigenvalue weighted by molar-refractivity contribution is -0.140. The van der Waals surface area contributed by atoms with Gasteiger partial charge in [0.25, 0.3) is 0 Å². The highest BCUT2D eigenvalue weighted by Crippen LogP contribution is 2.36. The Morgan fingerprint density at radius 2 is 1.46 bits per heavy atom. The lowest BCUT2D eigenvalue weighted by atomic mass is 9.98. The van der Waals surface area contributed by atoms with E-state index >= 15 is 0 Å². The van der Waals surface area contributed by atoms with Gasteiger partial charge in [-0.3, -0.25) is 4.79 Å². The van der Waals surface area contributed by atoms with Gasteiger partial charge in [0.15, 0.2) is 0 Å². The van der Waals surface area contributed by atoms with Crippen LogP contribution in [-0.4, -0.2) is 32.6 Å². The number of rotatable bonds is 5. The van der Waals surface area contributed by atoms with E-state index in [4.69, 9.17) is 4.79 Å². The molecule has 39 heavy (non-hydrogen) atoms. The van der Waals surface area contributed by atoms with Gasteiger partial charge in [-0.15, -0.1) is 0 Å². The Labute approximate surface area is 216 Å². The number of nitrogens with one attached hydrogen (secondary N) is 1. The van der Waals surface area contributed by atoms with Gasteiger partial charge >= 0.3 is 24.7 Å². The van der Waals surface area contributed by atoms with Crippen LogP contribution in [0.5, 0.6) is 0 Å². The van der Waals surface area contributed by atoms with E-state index in [1.54, 1.807) is 0 Å². The molecule has 0 heterocycles. The van der Waals surface area contributed by atoms with Crippen LogP contribution in [0.1, 0.15) is 42.0 Å². The largest absolute Gasteiger partial charge is 0.419 e. The van der Waals surface area contributed by atoms with Gasteiger partial charge in [0.1, 0.15) is 11.6 Å². The minimum Gasteiger partial charge on any atom is -0.372 e. The van der Waals surface area contributed by atoms with Crippen molar-refractivity contribution in [2.24, 2.45) is 11.7 Å². The van der Waals surface area contributed by atoms with Crippen molar-refractivity contribution in [3.8, 4) is 0 Å². The van der Waals surface area contributed by atoms with Gasteiger partial charge in [-0.1, -0.05) is 25.8 Å². The standard InChI is InChI=1S/C16H9F9.C4H8.C3H6F3N.CH3NO/c17-11-5-9(4-10(7-11)15(21,22)14(19)20)3-8-1-2-13(18)12(6-8)16(23,24)25;1-4-2-3-4;1-7-2-3(4,5)6;2-1-3/h1-2,4-7,14H,3H2;4H,2-3H2,1H3;7H,2H2,1H3;1H,(H2,2,3). The molecule has 0 unspecified atom stereocenters. The van der Waals surface area contributed by atoms with Crippen molar-refractivity contribution in [3.05, 3.63) is 70.3 Å². The van der Waals surface area contributed by atoms with Gasteiger partial charge in [0.2, 0.25) is 6.41 Å². The van der Waals surface area contributed by atoms with Crippen LogP contribution < -0.4 is 11.1 Å². The van der Waals surface area contributed by atoms with E-state index in [1.807, 2.05) is 5.32 Å². The fraction of sp³-hybridized carbons (Fsp3) is 0.458. The van der Waals surface area contributed by atoms with Crippen molar-refractivity contribution >= 4 is 6.41 Å². The fourth-order valence-corrected chi connectivity index (χ4v) is 2.57. The molecular weight excluding hydrogens is 560 g/mol. The molecule has 2 aromatic carbocycles. The summed E-state index contributed by atoms with van der Waals surface area (Å²) < 4.78 is 149. The lowest BCUT2D eigenvalue weighted by Gasteiger charge is -2.17. The monoisotopic (exact) mass is 586 g/mol. The Morgan fingerprint density at radius 3 is 1.82 bits per heavy atom. The molecule has 0 bridgehead atoms. The minimum atomic E-state index is -4.98. The zero-order valence-electron chi connectivity index (χ0n) is 20.5. The number of carbonyl (C=O) groups excluding carboxylic acids is 1. The molecule has 0 saturated heterocycles. The molecule has 0 radical (unpaired) electrons. The molecule has 1 fully saturated rings. The van der Waals surface area contributed by atoms with E-state index in [0.29, 0.717) is 18.2 Å². The molecule has 0 aliphatic heterocycles. The SMILES string of the molecule is CC1CC1.CNCC(F)(F)F.Fc1cc(Cc2ccc(F)c(C(F)(F)F)c2)cc(C(F)(F)C(F)F)c1.NC=O. The molecule has 1 aliphatic rings. The number of primary amides is 1. The van der Waals surface area contributed by atoms with E-state index in [0.717, 1.165) is 18.1 Å². The number of alkyl halides is 10. The molecule has 2 aromatic rings. The zero-order chi connectivity index (χ0) is 30.6. The van der Waals surface area contributed by atoms with E-state index in [9.17, 15) is 52.7 Å². The van der Waals surface area contributed by atoms with Gasteiger partial charge in [-0.05, 0) is 60.8 Å². The van der Waals surface area contributed by atoms with Crippen LogP contribution in [0, 0.1) is 17.6 Å². The molecule has 1 saturated carbocycles. The summed E-state index contributed by atoms with van der Waals surface area (Å²) in [4.78, 5) is 8.58. The Morgan fingerprint density at radius 1 is 0.949 bits per heavy atom. The predicted molar refractivity (Wildman–Crippen MR) is 119 cm³/mol. The predicted octanol–water partition coefficient (Wildman–Crippen LogP) is 7.22. The lowest BCUT2D eigenvalue weighted by Crippen LogP contribution is -2.25. The Balaban J connectivity index is 0.000000842. The molecule has 3 rings (SSSR count). The molecule has 222 valence electrons. The Kier molecular flexibility index (Phi) is 14.4. The van der Waals surface area contributed by atoms with E-state index < -0.39 is 60.4 Å². The second-order valence-electron chi connectivity index (χ2n) is 8.22. The number of benzene rings is 2. The summed E-state index contributed by atoms with van der Waals surface area (Å²) in [6.45, 7) is 1.37. The average Bonchev–Trinajstić information content (AvgIpc) is 3.56. The Bertz CT molecular complexity index is 1020. The third-order valence-corrected chi connectivity index (χ3v) is 4.60. The smallest absolute Gasteiger partial charge is 0.372 e. The summed E-state index contributed by atoms with van der Waals surface area (Å²) in [6.07, 6.45) is -10.4. The molecule has 1 amide bonds. The van der Waals surface area contributed by atoms with Crippen LogP contribution in [0.25, 0.3) is 0 Å². The van der Waals surface area contributed by atoms with Crippen LogP contribution >= 0.6 is 0 Å². The van der Waals surface area contributed by atoms with Gasteiger partial charge in [0.05, 0.1) is 12.1 Å². The number of hydrogen-bond acceptors (Lipinski definition) is 2. The molecule has 15 heteroatoms. The number of hydrogen-bond donors (Lipinski definition) is 2. The van der Waals surface area contributed by atoms with Gasteiger partial charge in [-0.2, -0.15) is 35.1 Å². The molecular formula is C24H26F12N2O.